The summed E-state index contributed by atoms with van der Waals surface area (Å²) in [6.45, 7) is 12.8. The van der Waals surface area contributed by atoms with Gasteiger partial charge in [-0.2, -0.15) is 0 Å². The summed E-state index contributed by atoms with van der Waals surface area (Å²) in [5.74, 6) is 0. The van der Waals surface area contributed by atoms with E-state index < -0.39 is 0 Å². The van der Waals surface area contributed by atoms with Gasteiger partial charge in [0.25, 0.3) is 0 Å². The van der Waals surface area contributed by atoms with Crippen LogP contribution in [-0.4, -0.2) is 19.1 Å². The summed E-state index contributed by atoms with van der Waals surface area (Å²) in [7, 11) is 0. The zero-order valence-corrected chi connectivity index (χ0v) is 21.3. The van der Waals surface area contributed by atoms with Gasteiger partial charge < -0.3 is 9.13 Å². The molecule has 0 fully saturated rings. The van der Waals surface area contributed by atoms with Crippen molar-refractivity contribution in [1.29, 1.82) is 0 Å². The first-order chi connectivity index (χ1) is 14.4. The zero-order chi connectivity index (χ0) is 21.7. The molecule has 0 aliphatic heterocycles. The number of benzene rings is 2. The van der Waals surface area contributed by atoms with E-state index in [2.05, 4.69) is 97.3 Å². The predicted octanol–water partition coefficient (Wildman–Crippen LogP) is 6.48. The average molecular weight is 594 g/mol. The van der Waals surface area contributed by atoms with E-state index in [9.17, 15) is 0 Å². The van der Waals surface area contributed by atoms with Crippen LogP contribution in [0.25, 0.3) is 22.5 Å². The van der Waals surface area contributed by atoms with Crippen LogP contribution in [0, 0.1) is 26.0 Å². The molecule has 0 N–H and O–H groups in total. The number of aromatic nitrogens is 4. The maximum absolute atomic E-state index is 4.40. The third kappa shape index (κ3) is 6.27. The summed E-state index contributed by atoms with van der Waals surface area (Å²) in [4.78, 5) is 8.80. The summed E-state index contributed by atoms with van der Waals surface area (Å²) in [6, 6.07) is 19.4. The van der Waals surface area contributed by atoms with E-state index in [0.717, 1.165) is 22.5 Å². The molecule has 0 unspecified atom stereocenters. The van der Waals surface area contributed by atoms with Crippen LogP contribution in [0.1, 0.15) is 50.9 Å². The number of imidazole rings is 2. The van der Waals surface area contributed by atoms with Crippen LogP contribution < -0.4 is 0 Å². The second-order valence-corrected chi connectivity index (χ2v) is 8.06. The van der Waals surface area contributed by atoms with E-state index >= 15 is 0 Å². The maximum Gasteiger partial charge on any atom is 2.00 e. The van der Waals surface area contributed by atoms with Crippen molar-refractivity contribution in [2.45, 2.75) is 53.6 Å². The molecule has 0 aliphatic carbocycles. The number of rotatable bonds is 4. The molecule has 0 amide bonds. The van der Waals surface area contributed by atoms with Gasteiger partial charge in [-0.15, -0.1) is 70.8 Å². The fourth-order valence-corrected chi connectivity index (χ4v) is 3.09. The Bertz CT molecular complexity index is 1000. The Morgan fingerprint density at radius 1 is 0.710 bits per heavy atom. The van der Waals surface area contributed by atoms with E-state index in [1.165, 1.54) is 11.1 Å². The van der Waals surface area contributed by atoms with Crippen LogP contribution in [0.3, 0.4) is 0 Å². The van der Waals surface area contributed by atoms with Crippen molar-refractivity contribution in [2.24, 2.45) is 0 Å². The SMILES string of the molecule is Cc1ccc[c-]c1-c1cn(C(C)C)cn1.Cc1ccc[c-]c1-c1cn(C(C)C)cn1.[Pt+2]. The van der Waals surface area contributed by atoms with Crippen LogP contribution in [0.4, 0.5) is 0 Å². The van der Waals surface area contributed by atoms with Gasteiger partial charge >= 0.3 is 21.1 Å². The van der Waals surface area contributed by atoms with Crippen molar-refractivity contribution >= 4 is 0 Å². The molecule has 4 rings (SSSR count). The van der Waals surface area contributed by atoms with E-state index in [0.29, 0.717) is 12.1 Å². The molecule has 31 heavy (non-hydrogen) atoms. The Kier molecular flexibility index (Phi) is 9.00. The maximum atomic E-state index is 4.40. The average Bonchev–Trinajstić information content (AvgIpc) is 3.39. The van der Waals surface area contributed by atoms with Gasteiger partial charge in [0.15, 0.2) is 0 Å². The fraction of sp³-hybridized carbons (Fsp3) is 0.308. The second-order valence-electron chi connectivity index (χ2n) is 8.06. The molecule has 164 valence electrons. The molecule has 2 heterocycles. The minimum atomic E-state index is 0. The first kappa shape index (κ1) is 24.8. The first-order valence-electron chi connectivity index (χ1n) is 10.4. The van der Waals surface area contributed by atoms with E-state index in [-0.39, 0.29) is 21.1 Å². The Balaban J connectivity index is 0.000000213. The Morgan fingerprint density at radius 2 is 1.10 bits per heavy atom. The van der Waals surface area contributed by atoms with Crippen molar-refractivity contribution in [3.05, 3.63) is 84.7 Å². The van der Waals surface area contributed by atoms with Crippen LogP contribution in [0.5, 0.6) is 0 Å². The van der Waals surface area contributed by atoms with E-state index in [1.807, 2.05) is 36.9 Å². The van der Waals surface area contributed by atoms with Crippen LogP contribution in [0.15, 0.2) is 61.4 Å². The fourth-order valence-electron chi connectivity index (χ4n) is 3.09. The van der Waals surface area contributed by atoms with Crippen LogP contribution in [-0.2, 0) is 21.1 Å². The molecule has 2 aromatic carbocycles. The molecule has 0 atom stereocenters. The largest absolute Gasteiger partial charge is 2.00 e. The Hall–Kier alpha value is -2.45. The number of nitrogens with zero attached hydrogens (tertiary/aromatic N) is 4. The smallest absolute Gasteiger partial charge is 0.344 e. The van der Waals surface area contributed by atoms with Crippen molar-refractivity contribution < 1.29 is 21.1 Å². The van der Waals surface area contributed by atoms with Gasteiger partial charge in [-0.05, 0) is 40.1 Å². The molecule has 0 aliphatic rings. The number of hydrogen-bond acceptors (Lipinski definition) is 2. The van der Waals surface area contributed by atoms with Gasteiger partial charge in [0.2, 0.25) is 0 Å². The molecule has 5 heteroatoms. The molecule has 4 aromatic rings. The van der Waals surface area contributed by atoms with Crippen molar-refractivity contribution in [1.82, 2.24) is 19.1 Å². The van der Waals surface area contributed by atoms with Crippen LogP contribution >= 0.6 is 0 Å². The quantitative estimate of drug-likeness (QED) is 0.254. The second kappa shape index (κ2) is 11.2. The molecule has 0 saturated heterocycles. The number of hydrogen-bond donors (Lipinski definition) is 0. The standard InChI is InChI=1S/2C13H15N2.Pt/c2*1-10(2)15-8-13(14-9-15)12-7-5-4-6-11(12)3;/h2*4-6,8-10H,1-3H3;/q2*-1;+2. The summed E-state index contributed by atoms with van der Waals surface area (Å²) in [5.41, 5.74) is 6.62. The summed E-state index contributed by atoms with van der Waals surface area (Å²) < 4.78 is 4.21. The molecule has 0 bridgehead atoms. The van der Waals surface area contributed by atoms with Gasteiger partial charge in [0, 0.05) is 23.5 Å². The number of aryl methyl sites for hydroxylation is 2. The van der Waals surface area contributed by atoms with E-state index in [1.54, 1.807) is 0 Å². The Labute approximate surface area is 200 Å². The molecular weight excluding hydrogens is 563 g/mol. The van der Waals surface area contributed by atoms with Gasteiger partial charge in [-0.25, -0.2) is 0 Å². The molecule has 4 nitrogen and oxygen atoms in total. The monoisotopic (exact) mass is 593 g/mol. The summed E-state index contributed by atoms with van der Waals surface area (Å²) >= 11 is 0. The third-order valence-corrected chi connectivity index (χ3v) is 5.04. The molecule has 0 radical (unpaired) electrons. The van der Waals surface area contributed by atoms with Crippen molar-refractivity contribution in [2.75, 3.05) is 0 Å². The van der Waals surface area contributed by atoms with E-state index in [4.69, 9.17) is 0 Å². The molecule has 0 saturated carbocycles. The van der Waals surface area contributed by atoms with Gasteiger partial charge in [0.1, 0.15) is 0 Å². The van der Waals surface area contributed by atoms with Crippen LogP contribution in [0.2, 0.25) is 0 Å². The minimum absolute atomic E-state index is 0. The minimum Gasteiger partial charge on any atom is -0.344 e. The molecular formula is C26H30N4Pt. The van der Waals surface area contributed by atoms with Crippen molar-refractivity contribution in [3.8, 4) is 22.5 Å². The molecule has 2 aromatic heterocycles. The van der Waals surface area contributed by atoms with Crippen molar-refractivity contribution in [3.63, 3.8) is 0 Å². The summed E-state index contributed by atoms with van der Waals surface area (Å²) in [6.07, 6.45) is 7.90. The predicted molar refractivity (Wildman–Crippen MR) is 123 cm³/mol. The zero-order valence-electron chi connectivity index (χ0n) is 19.0. The normalized spacial score (nSPS) is 10.6. The Morgan fingerprint density at radius 3 is 1.39 bits per heavy atom. The first-order valence-corrected chi connectivity index (χ1v) is 10.4. The summed E-state index contributed by atoms with van der Waals surface area (Å²) in [5, 5.41) is 0. The van der Waals surface area contributed by atoms with Gasteiger partial charge in [-0.3, -0.25) is 9.97 Å². The third-order valence-electron chi connectivity index (χ3n) is 5.04. The topological polar surface area (TPSA) is 35.6 Å². The van der Waals surface area contributed by atoms with Gasteiger partial charge in [0.05, 0.1) is 12.7 Å². The van der Waals surface area contributed by atoms with Gasteiger partial charge in [-0.1, -0.05) is 13.8 Å². The molecule has 0 spiro atoms.